The number of benzene rings is 1. The largest absolute Gasteiger partial charge is 0.349 e. The van der Waals surface area contributed by atoms with Crippen molar-refractivity contribution in [3.8, 4) is 0 Å². The molecule has 20 heavy (non-hydrogen) atoms. The van der Waals surface area contributed by atoms with Crippen LogP contribution in [0.1, 0.15) is 17.0 Å². The van der Waals surface area contributed by atoms with Crippen LogP contribution in [0.2, 0.25) is 5.02 Å². The Labute approximate surface area is 121 Å². The number of nitrogens with one attached hydrogen (secondary N) is 1. The first-order valence-electron chi connectivity index (χ1n) is 6.31. The molecule has 0 radical (unpaired) electrons. The number of hydrogen-bond donors (Lipinski definition) is 1. The van der Waals surface area contributed by atoms with Crippen molar-refractivity contribution in [2.24, 2.45) is 0 Å². The fraction of sp³-hybridized carbons (Fsp3) is 0.214. The van der Waals surface area contributed by atoms with Gasteiger partial charge in [0.25, 0.3) is 5.78 Å². The zero-order valence-electron chi connectivity index (χ0n) is 11.3. The lowest BCUT2D eigenvalue weighted by atomic mass is 10.2. The molecule has 5 nitrogen and oxygen atoms in total. The van der Waals surface area contributed by atoms with Crippen molar-refractivity contribution in [1.29, 1.82) is 0 Å². The molecular formula is C14H14ClN5. The molecule has 1 N–H and O–H groups in total. The minimum absolute atomic E-state index is 0.571. The quantitative estimate of drug-likeness (QED) is 0.804. The molecule has 0 unspecified atom stereocenters. The van der Waals surface area contributed by atoms with Gasteiger partial charge in [-0.2, -0.15) is 9.50 Å². The van der Waals surface area contributed by atoms with E-state index >= 15 is 0 Å². The summed E-state index contributed by atoms with van der Waals surface area (Å²) < 4.78 is 1.73. The highest BCUT2D eigenvalue weighted by Crippen LogP contribution is 2.12. The molecule has 102 valence electrons. The molecule has 0 saturated heterocycles. The summed E-state index contributed by atoms with van der Waals surface area (Å²) in [5.74, 6) is 1.18. The van der Waals surface area contributed by atoms with Crippen molar-refractivity contribution in [3.63, 3.8) is 0 Å². The Morgan fingerprint density at radius 2 is 1.90 bits per heavy atom. The number of rotatable bonds is 3. The van der Waals surface area contributed by atoms with Crippen molar-refractivity contribution in [2.75, 3.05) is 5.32 Å². The van der Waals surface area contributed by atoms with E-state index in [-0.39, 0.29) is 0 Å². The van der Waals surface area contributed by atoms with Crippen LogP contribution in [0.15, 0.2) is 30.3 Å². The van der Waals surface area contributed by atoms with E-state index in [9.17, 15) is 0 Å². The third kappa shape index (κ3) is 2.58. The predicted molar refractivity (Wildman–Crippen MR) is 79.0 cm³/mol. The van der Waals surface area contributed by atoms with Gasteiger partial charge in [0, 0.05) is 23.0 Å². The predicted octanol–water partition coefficient (Wildman–Crippen LogP) is 3.01. The molecular weight excluding hydrogens is 274 g/mol. The van der Waals surface area contributed by atoms with Crippen molar-refractivity contribution in [3.05, 3.63) is 52.3 Å². The lowest BCUT2D eigenvalue weighted by Crippen LogP contribution is -2.01. The van der Waals surface area contributed by atoms with E-state index in [1.54, 1.807) is 4.52 Å². The van der Waals surface area contributed by atoms with Crippen LogP contribution in [0.3, 0.4) is 0 Å². The lowest BCUT2D eigenvalue weighted by Gasteiger charge is -2.01. The smallest absolute Gasteiger partial charge is 0.254 e. The van der Waals surface area contributed by atoms with Crippen molar-refractivity contribution >= 4 is 23.3 Å². The summed E-state index contributed by atoms with van der Waals surface area (Å²) in [6.45, 7) is 4.58. The van der Waals surface area contributed by atoms with Gasteiger partial charge in [0.2, 0.25) is 5.95 Å². The van der Waals surface area contributed by atoms with E-state index in [1.165, 1.54) is 0 Å². The number of nitrogens with zero attached hydrogens (tertiary/aromatic N) is 4. The maximum atomic E-state index is 5.86. The van der Waals surface area contributed by atoms with Gasteiger partial charge < -0.3 is 5.32 Å². The van der Waals surface area contributed by atoms with E-state index in [2.05, 4.69) is 20.4 Å². The molecule has 0 aliphatic rings. The number of halogens is 1. The fourth-order valence-corrected chi connectivity index (χ4v) is 2.15. The Hall–Kier alpha value is -2.14. The van der Waals surface area contributed by atoms with Crippen LogP contribution >= 0.6 is 11.6 Å². The van der Waals surface area contributed by atoms with Crippen LogP contribution < -0.4 is 5.32 Å². The molecule has 6 heteroatoms. The standard InChI is InChI=1S/C14H14ClN5/c1-9-7-10(2)20-14(17-9)18-13(19-20)16-8-11-3-5-12(15)6-4-11/h3-7H,8H2,1-2H3,(H,16,19). The second-order valence-corrected chi connectivity index (χ2v) is 5.10. The molecule has 0 atom stereocenters. The Bertz CT molecular complexity index is 748. The highest BCUT2D eigenvalue weighted by molar-refractivity contribution is 6.30. The zero-order valence-corrected chi connectivity index (χ0v) is 12.0. The maximum absolute atomic E-state index is 5.86. The summed E-state index contributed by atoms with van der Waals surface area (Å²) in [6.07, 6.45) is 0. The monoisotopic (exact) mass is 287 g/mol. The normalized spacial score (nSPS) is 10.9. The number of anilines is 1. The van der Waals surface area contributed by atoms with Gasteiger partial charge in [0.1, 0.15) is 0 Å². The van der Waals surface area contributed by atoms with Crippen LogP contribution in [0.4, 0.5) is 5.95 Å². The molecule has 1 aromatic carbocycles. The average Bonchev–Trinajstić information content (AvgIpc) is 2.81. The Kier molecular flexibility index (Phi) is 3.28. The molecule has 3 rings (SSSR count). The van der Waals surface area contributed by atoms with Crippen LogP contribution in [0, 0.1) is 13.8 Å². The Morgan fingerprint density at radius 1 is 1.15 bits per heavy atom. The highest BCUT2D eigenvalue weighted by atomic mass is 35.5. The van der Waals surface area contributed by atoms with Gasteiger partial charge >= 0.3 is 0 Å². The van der Waals surface area contributed by atoms with Crippen LogP contribution in [0.25, 0.3) is 5.78 Å². The molecule has 0 amide bonds. The first-order chi connectivity index (χ1) is 9.61. The SMILES string of the molecule is Cc1cc(C)n2nc(NCc3ccc(Cl)cc3)nc2n1. The first kappa shape index (κ1) is 12.9. The van der Waals surface area contributed by atoms with Crippen molar-refractivity contribution in [2.45, 2.75) is 20.4 Å². The summed E-state index contributed by atoms with van der Waals surface area (Å²) in [5.41, 5.74) is 3.07. The molecule has 2 aromatic heterocycles. The van der Waals surface area contributed by atoms with Gasteiger partial charge in [0.05, 0.1) is 0 Å². The van der Waals surface area contributed by atoms with Gasteiger partial charge in [0.15, 0.2) is 0 Å². The topological polar surface area (TPSA) is 55.1 Å². The molecule has 0 spiro atoms. The van der Waals surface area contributed by atoms with Gasteiger partial charge in [-0.3, -0.25) is 0 Å². The van der Waals surface area contributed by atoms with Crippen molar-refractivity contribution in [1.82, 2.24) is 19.6 Å². The molecule has 0 aliphatic carbocycles. The zero-order chi connectivity index (χ0) is 14.1. The maximum Gasteiger partial charge on any atom is 0.254 e. The second kappa shape index (κ2) is 5.09. The Morgan fingerprint density at radius 3 is 2.65 bits per heavy atom. The summed E-state index contributed by atoms with van der Waals surface area (Å²) >= 11 is 5.86. The van der Waals surface area contributed by atoms with Gasteiger partial charge in [-0.05, 0) is 37.6 Å². The number of fused-ring (bicyclic) bond motifs is 1. The van der Waals surface area contributed by atoms with Crippen LogP contribution in [-0.2, 0) is 6.54 Å². The number of hydrogen-bond acceptors (Lipinski definition) is 4. The highest BCUT2D eigenvalue weighted by Gasteiger charge is 2.07. The summed E-state index contributed by atoms with van der Waals surface area (Å²) in [7, 11) is 0. The fourth-order valence-electron chi connectivity index (χ4n) is 2.02. The van der Waals surface area contributed by atoms with E-state index in [0.29, 0.717) is 18.3 Å². The first-order valence-corrected chi connectivity index (χ1v) is 6.69. The van der Waals surface area contributed by atoms with Crippen molar-refractivity contribution < 1.29 is 0 Å². The van der Waals surface area contributed by atoms with E-state index in [1.807, 2.05) is 44.2 Å². The summed E-state index contributed by atoms with van der Waals surface area (Å²) in [6, 6.07) is 9.65. The molecule has 0 aliphatic heterocycles. The minimum atomic E-state index is 0.571. The van der Waals surface area contributed by atoms with Gasteiger partial charge in [-0.15, -0.1) is 5.10 Å². The average molecular weight is 288 g/mol. The minimum Gasteiger partial charge on any atom is -0.349 e. The van der Waals surface area contributed by atoms with Gasteiger partial charge in [-0.25, -0.2) is 4.98 Å². The second-order valence-electron chi connectivity index (χ2n) is 4.67. The number of aromatic nitrogens is 4. The third-order valence-electron chi connectivity index (χ3n) is 2.98. The van der Waals surface area contributed by atoms with E-state index in [4.69, 9.17) is 11.6 Å². The van der Waals surface area contributed by atoms with Gasteiger partial charge in [-0.1, -0.05) is 23.7 Å². The third-order valence-corrected chi connectivity index (χ3v) is 3.23. The summed E-state index contributed by atoms with van der Waals surface area (Å²) in [4.78, 5) is 8.73. The molecule has 3 aromatic rings. The van der Waals surface area contributed by atoms with Crippen LogP contribution in [-0.4, -0.2) is 19.6 Å². The molecule has 0 fully saturated rings. The molecule has 2 heterocycles. The molecule has 0 bridgehead atoms. The lowest BCUT2D eigenvalue weighted by molar-refractivity contribution is 0.882. The summed E-state index contributed by atoms with van der Waals surface area (Å²) in [5, 5.41) is 8.31. The number of aryl methyl sites for hydroxylation is 2. The van der Waals surface area contributed by atoms with E-state index in [0.717, 1.165) is 22.0 Å². The van der Waals surface area contributed by atoms with E-state index < -0.39 is 0 Å². The molecule has 0 saturated carbocycles. The Balaban J connectivity index is 1.81. The van der Waals surface area contributed by atoms with Crippen LogP contribution in [0.5, 0.6) is 0 Å².